The predicted octanol–water partition coefficient (Wildman–Crippen LogP) is 2.58. The average molecular weight is 267 g/mol. The molecular weight excluding hydrogens is 250 g/mol. The average Bonchev–Trinajstić information content (AvgIpc) is 2.52. The maximum atomic E-state index is 5.71. The van der Waals surface area contributed by atoms with E-state index in [1.807, 2.05) is 48.5 Å². The van der Waals surface area contributed by atoms with Crippen LogP contribution in [0, 0.1) is 11.8 Å². The SMILES string of the molecule is COc1ccc(COc2ccc(C#CCN)cc2)cc1. The molecule has 0 atom stereocenters. The van der Waals surface area contributed by atoms with E-state index < -0.39 is 0 Å². The third-order valence-electron chi connectivity index (χ3n) is 2.75. The van der Waals surface area contributed by atoms with Crippen LogP contribution in [0.5, 0.6) is 11.5 Å². The van der Waals surface area contributed by atoms with E-state index in [4.69, 9.17) is 15.2 Å². The van der Waals surface area contributed by atoms with E-state index in [-0.39, 0.29) is 0 Å². The standard InChI is InChI=1S/C17H17NO2/c1-19-16-8-6-15(7-9-16)13-20-17-10-4-14(5-11-17)3-2-12-18/h4-11H,12-13,18H2,1H3. The Balaban J connectivity index is 1.93. The molecule has 2 N–H and O–H groups in total. The normalized spacial score (nSPS) is 9.50. The number of nitrogens with two attached hydrogens (primary N) is 1. The number of methoxy groups -OCH3 is 1. The molecule has 0 amide bonds. The molecule has 0 unspecified atom stereocenters. The number of hydrogen-bond donors (Lipinski definition) is 1. The molecule has 0 fully saturated rings. The highest BCUT2D eigenvalue weighted by Gasteiger charge is 1.97. The number of ether oxygens (including phenoxy) is 2. The molecule has 2 aromatic rings. The van der Waals surface area contributed by atoms with Crippen LogP contribution in [0.1, 0.15) is 11.1 Å². The Bertz CT molecular complexity index is 592. The molecule has 102 valence electrons. The van der Waals surface area contributed by atoms with Gasteiger partial charge in [-0.05, 0) is 42.0 Å². The highest BCUT2D eigenvalue weighted by molar-refractivity contribution is 5.38. The van der Waals surface area contributed by atoms with Crippen molar-refractivity contribution < 1.29 is 9.47 Å². The van der Waals surface area contributed by atoms with Crippen molar-refractivity contribution in [3.63, 3.8) is 0 Å². The minimum Gasteiger partial charge on any atom is -0.497 e. The lowest BCUT2D eigenvalue weighted by molar-refractivity contribution is 0.306. The van der Waals surface area contributed by atoms with E-state index in [2.05, 4.69) is 11.8 Å². The van der Waals surface area contributed by atoms with E-state index in [0.29, 0.717) is 13.2 Å². The lowest BCUT2D eigenvalue weighted by atomic mass is 10.2. The minimum atomic E-state index is 0.371. The fourth-order valence-corrected chi connectivity index (χ4v) is 1.68. The molecule has 0 radical (unpaired) electrons. The van der Waals surface area contributed by atoms with Crippen LogP contribution in [0.25, 0.3) is 0 Å². The summed E-state index contributed by atoms with van der Waals surface area (Å²) in [7, 11) is 1.65. The highest BCUT2D eigenvalue weighted by atomic mass is 16.5. The third kappa shape index (κ3) is 4.04. The molecule has 0 saturated carbocycles. The lowest BCUT2D eigenvalue weighted by Crippen LogP contribution is -1.95. The Morgan fingerprint density at radius 1 is 0.950 bits per heavy atom. The van der Waals surface area contributed by atoms with Crippen molar-refractivity contribution in [2.24, 2.45) is 5.73 Å². The van der Waals surface area contributed by atoms with Gasteiger partial charge in [-0.25, -0.2) is 0 Å². The Kier molecular flexibility index (Phi) is 5.05. The predicted molar refractivity (Wildman–Crippen MR) is 79.7 cm³/mol. The summed E-state index contributed by atoms with van der Waals surface area (Å²) >= 11 is 0. The lowest BCUT2D eigenvalue weighted by Gasteiger charge is -2.07. The zero-order valence-corrected chi connectivity index (χ0v) is 11.4. The van der Waals surface area contributed by atoms with Gasteiger partial charge in [0.1, 0.15) is 18.1 Å². The molecule has 0 aliphatic heterocycles. The molecule has 0 heterocycles. The minimum absolute atomic E-state index is 0.371. The number of rotatable bonds is 4. The molecular formula is C17H17NO2. The zero-order chi connectivity index (χ0) is 14.2. The monoisotopic (exact) mass is 267 g/mol. The molecule has 2 rings (SSSR count). The van der Waals surface area contributed by atoms with Crippen LogP contribution in [0.2, 0.25) is 0 Å². The van der Waals surface area contributed by atoms with Crippen LogP contribution in [0.3, 0.4) is 0 Å². The maximum absolute atomic E-state index is 5.71. The van der Waals surface area contributed by atoms with Gasteiger partial charge in [0.15, 0.2) is 0 Å². The van der Waals surface area contributed by atoms with E-state index in [9.17, 15) is 0 Å². The molecule has 0 aliphatic rings. The van der Waals surface area contributed by atoms with Crippen LogP contribution in [-0.2, 0) is 6.61 Å². The summed E-state index contributed by atoms with van der Waals surface area (Å²) in [5.74, 6) is 7.45. The first kappa shape index (κ1) is 14.0. The number of hydrogen-bond acceptors (Lipinski definition) is 3. The van der Waals surface area contributed by atoms with Crippen molar-refractivity contribution >= 4 is 0 Å². The van der Waals surface area contributed by atoms with Crippen molar-refractivity contribution in [1.82, 2.24) is 0 Å². The van der Waals surface area contributed by atoms with Gasteiger partial charge in [-0.2, -0.15) is 0 Å². The second-order valence-electron chi connectivity index (χ2n) is 4.17. The van der Waals surface area contributed by atoms with Gasteiger partial charge in [-0.15, -0.1) is 0 Å². The first-order valence-corrected chi connectivity index (χ1v) is 6.36. The molecule has 0 aliphatic carbocycles. The summed E-state index contributed by atoms with van der Waals surface area (Å²) in [4.78, 5) is 0. The van der Waals surface area contributed by atoms with Gasteiger partial charge in [0.25, 0.3) is 0 Å². The van der Waals surface area contributed by atoms with Crippen LogP contribution in [0.15, 0.2) is 48.5 Å². The Hall–Kier alpha value is -2.44. The summed E-state index contributed by atoms with van der Waals surface area (Å²) in [5.41, 5.74) is 7.36. The fraction of sp³-hybridized carbons (Fsp3) is 0.176. The first-order valence-electron chi connectivity index (χ1n) is 6.36. The van der Waals surface area contributed by atoms with E-state index in [1.54, 1.807) is 7.11 Å². The highest BCUT2D eigenvalue weighted by Crippen LogP contribution is 2.16. The topological polar surface area (TPSA) is 44.5 Å². The molecule has 0 spiro atoms. The Morgan fingerprint density at radius 2 is 1.60 bits per heavy atom. The van der Waals surface area contributed by atoms with E-state index in [1.165, 1.54) is 0 Å². The molecule has 20 heavy (non-hydrogen) atoms. The van der Waals surface area contributed by atoms with Crippen molar-refractivity contribution in [2.75, 3.05) is 13.7 Å². The smallest absolute Gasteiger partial charge is 0.119 e. The molecule has 3 heteroatoms. The van der Waals surface area contributed by atoms with Crippen LogP contribution < -0.4 is 15.2 Å². The summed E-state index contributed by atoms with van der Waals surface area (Å²) in [6, 6.07) is 15.5. The largest absolute Gasteiger partial charge is 0.497 e. The van der Waals surface area contributed by atoms with Crippen LogP contribution in [0.4, 0.5) is 0 Å². The summed E-state index contributed by atoms with van der Waals surface area (Å²) < 4.78 is 10.8. The van der Waals surface area contributed by atoms with Gasteiger partial charge in [-0.3, -0.25) is 0 Å². The molecule has 2 aromatic carbocycles. The molecule has 3 nitrogen and oxygen atoms in total. The third-order valence-corrected chi connectivity index (χ3v) is 2.75. The van der Waals surface area contributed by atoms with Gasteiger partial charge in [0, 0.05) is 5.56 Å². The zero-order valence-electron chi connectivity index (χ0n) is 11.4. The van der Waals surface area contributed by atoms with Crippen molar-refractivity contribution in [3.8, 4) is 23.3 Å². The van der Waals surface area contributed by atoms with Crippen LogP contribution in [-0.4, -0.2) is 13.7 Å². The van der Waals surface area contributed by atoms with Gasteiger partial charge in [0.2, 0.25) is 0 Å². The van der Waals surface area contributed by atoms with Gasteiger partial charge < -0.3 is 15.2 Å². The van der Waals surface area contributed by atoms with Crippen LogP contribution >= 0.6 is 0 Å². The second kappa shape index (κ2) is 7.22. The molecule has 0 aromatic heterocycles. The maximum Gasteiger partial charge on any atom is 0.119 e. The summed E-state index contributed by atoms with van der Waals surface area (Å²) in [6.07, 6.45) is 0. The number of benzene rings is 2. The van der Waals surface area contributed by atoms with Crippen molar-refractivity contribution in [3.05, 3.63) is 59.7 Å². The van der Waals surface area contributed by atoms with Gasteiger partial charge in [-0.1, -0.05) is 24.0 Å². The molecule has 0 bridgehead atoms. The Morgan fingerprint density at radius 3 is 2.20 bits per heavy atom. The summed E-state index contributed by atoms with van der Waals surface area (Å²) in [5, 5.41) is 0. The van der Waals surface area contributed by atoms with E-state index in [0.717, 1.165) is 22.6 Å². The van der Waals surface area contributed by atoms with Gasteiger partial charge >= 0.3 is 0 Å². The summed E-state index contributed by atoms with van der Waals surface area (Å²) in [6.45, 7) is 0.896. The van der Waals surface area contributed by atoms with Crippen molar-refractivity contribution in [2.45, 2.75) is 6.61 Å². The first-order chi connectivity index (χ1) is 9.81. The Labute approximate surface area is 119 Å². The van der Waals surface area contributed by atoms with Gasteiger partial charge in [0.05, 0.1) is 13.7 Å². The van der Waals surface area contributed by atoms with Crippen molar-refractivity contribution in [1.29, 1.82) is 0 Å². The fourth-order valence-electron chi connectivity index (χ4n) is 1.68. The molecule has 0 saturated heterocycles. The second-order valence-corrected chi connectivity index (χ2v) is 4.17. The quantitative estimate of drug-likeness (QED) is 0.866. The van der Waals surface area contributed by atoms with E-state index >= 15 is 0 Å².